The minimum absolute atomic E-state index is 0.604. The molecule has 0 amide bonds. The molecule has 0 unspecified atom stereocenters. The molecule has 1 aliphatic rings. The minimum atomic E-state index is 0.604. The summed E-state index contributed by atoms with van der Waals surface area (Å²) in [4.78, 5) is 2.36. The topological polar surface area (TPSA) is 12.5 Å². The Bertz CT molecular complexity index is 128. The Hall–Kier alpha value is 0.210. The van der Waals surface area contributed by atoms with E-state index in [1.165, 1.54) is 25.8 Å². The van der Waals surface area contributed by atoms with Crippen molar-refractivity contribution in [3.05, 3.63) is 0 Å². The average Bonchev–Trinajstić information content (AvgIpc) is 2.06. The average molecular weight is 206 g/mol. The predicted molar refractivity (Wildman–Crippen MR) is 56.4 cm³/mol. The maximum Gasteiger partial charge on any atom is 0.0602 e. The van der Waals surface area contributed by atoms with Gasteiger partial charge in [0.2, 0.25) is 0 Å². The third-order valence-corrected chi connectivity index (χ3v) is 2.79. The molecule has 13 heavy (non-hydrogen) atoms. The number of halogens is 1. The fourth-order valence-corrected chi connectivity index (χ4v) is 1.69. The molecule has 1 saturated carbocycles. The van der Waals surface area contributed by atoms with Crippen LogP contribution >= 0.6 is 11.6 Å². The number of alkyl halides is 1. The summed E-state index contributed by atoms with van der Waals surface area (Å²) in [6, 6.07) is 0. The molecule has 2 nitrogen and oxygen atoms in total. The molecule has 0 heterocycles. The molecule has 0 aromatic heterocycles. The van der Waals surface area contributed by atoms with Crippen molar-refractivity contribution in [2.45, 2.75) is 19.3 Å². The van der Waals surface area contributed by atoms with E-state index in [0.717, 1.165) is 19.1 Å². The van der Waals surface area contributed by atoms with Gasteiger partial charge in [0, 0.05) is 19.0 Å². The lowest BCUT2D eigenvalue weighted by Gasteiger charge is -2.29. The van der Waals surface area contributed by atoms with Crippen LogP contribution < -0.4 is 0 Å². The second-order valence-electron chi connectivity index (χ2n) is 3.86. The SMILES string of the molecule is CN(CCOCCCl)CC1CCC1. The molecule has 0 radical (unpaired) electrons. The van der Waals surface area contributed by atoms with Crippen molar-refractivity contribution in [3.8, 4) is 0 Å². The van der Waals surface area contributed by atoms with Gasteiger partial charge in [-0.05, 0) is 25.8 Å². The highest BCUT2D eigenvalue weighted by molar-refractivity contribution is 6.17. The molecule has 0 N–H and O–H groups in total. The van der Waals surface area contributed by atoms with Crippen molar-refractivity contribution in [1.29, 1.82) is 0 Å². The summed E-state index contributed by atoms with van der Waals surface area (Å²) in [6.45, 7) is 3.77. The molecule has 0 atom stereocenters. The van der Waals surface area contributed by atoms with Gasteiger partial charge >= 0.3 is 0 Å². The lowest BCUT2D eigenvalue weighted by atomic mass is 9.85. The molecule has 1 aliphatic carbocycles. The normalized spacial score (nSPS) is 17.8. The van der Waals surface area contributed by atoms with E-state index in [4.69, 9.17) is 16.3 Å². The van der Waals surface area contributed by atoms with Crippen molar-refractivity contribution in [2.24, 2.45) is 5.92 Å². The molecular formula is C10H20ClNO. The molecule has 0 aromatic carbocycles. The van der Waals surface area contributed by atoms with Crippen LogP contribution in [0.2, 0.25) is 0 Å². The van der Waals surface area contributed by atoms with E-state index in [1.807, 2.05) is 0 Å². The Morgan fingerprint density at radius 2 is 2.15 bits per heavy atom. The van der Waals surface area contributed by atoms with E-state index in [0.29, 0.717) is 12.5 Å². The third-order valence-electron chi connectivity index (χ3n) is 2.63. The smallest absolute Gasteiger partial charge is 0.0602 e. The van der Waals surface area contributed by atoms with Gasteiger partial charge in [-0.3, -0.25) is 0 Å². The summed E-state index contributed by atoms with van der Waals surface area (Å²) in [7, 11) is 2.17. The molecule has 0 bridgehead atoms. The first-order chi connectivity index (χ1) is 6.33. The lowest BCUT2D eigenvalue weighted by molar-refractivity contribution is 0.110. The summed E-state index contributed by atoms with van der Waals surface area (Å²) < 4.78 is 5.31. The van der Waals surface area contributed by atoms with Crippen molar-refractivity contribution in [3.63, 3.8) is 0 Å². The number of likely N-dealkylation sites (N-methyl/N-ethyl adjacent to an activating group) is 1. The Morgan fingerprint density at radius 3 is 2.69 bits per heavy atom. The van der Waals surface area contributed by atoms with Crippen LogP contribution in [0.1, 0.15) is 19.3 Å². The summed E-state index contributed by atoms with van der Waals surface area (Å²) in [5, 5.41) is 0. The number of rotatable bonds is 7. The summed E-state index contributed by atoms with van der Waals surface area (Å²) in [5.41, 5.74) is 0. The van der Waals surface area contributed by atoms with Crippen LogP contribution in [0.3, 0.4) is 0 Å². The van der Waals surface area contributed by atoms with Gasteiger partial charge in [0.15, 0.2) is 0 Å². The molecular weight excluding hydrogens is 186 g/mol. The molecule has 1 fully saturated rings. The zero-order valence-corrected chi connectivity index (χ0v) is 9.22. The second-order valence-corrected chi connectivity index (χ2v) is 4.24. The van der Waals surface area contributed by atoms with Crippen molar-refractivity contribution >= 4 is 11.6 Å². The van der Waals surface area contributed by atoms with Gasteiger partial charge in [0.25, 0.3) is 0 Å². The van der Waals surface area contributed by atoms with E-state index in [9.17, 15) is 0 Å². The first-order valence-electron chi connectivity index (χ1n) is 5.15. The highest BCUT2D eigenvalue weighted by atomic mass is 35.5. The van der Waals surface area contributed by atoms with Crippen LogP contribution in [0.4, 0.5) is 0 Å². The monoisotopic (exact) mass is 205 g/mol. The van der Waals surface area contributed by atoms with Gasteiger partial charge < -0.3 is 9.64 Å². The van der Waals surface area contributed by atoms with Gasteiger partial charge in [-0.15, -0.1) is 11.6 Å². The molecule has 0 aliphatic heterocycles. The van der Waals surface area contributed by atoms with Crippen molar-refractivity contribution in [1.82, 2.24) is 4.90 Å². The van der Waals surface area contributed by atoms with Crippen LogP contribution in [0, 0.1) is 5.92 Å². The third kappa shape index (κ3) is 4.84. The maximum absolute atomic E-state index is 5.49. The van der Waals surface area contributed by atoms with Crippen molar-refractivity contribution < 1.29 is 4.74 Å². The minimum Gasteiger partial charge on any atom is -0.379 e. The fourth-order valence-electron chi connectivity index (χ4n) is 1.58. The van der Waals surface area contributed by atoms with Crippen LogP contribution in [-0.2, 0) is 4.74 Å². The van der Waals surface area contributed by atoms with Crippen molar-refractivity contribution in [2.75, 3.05) is 39.2 Å². The van der Waals surface area contributed by atoms with E-state index < -0.39 is 0 Å². The standard InChI is InChI=1S/C10H20ClNO/c1-12(6-8-13-7-5-11)9-10-3-2-4-10/h10H,2-9H2,1H3. The fraction of sp³-hybridized carbons (Fsp3) is 1.00. The number of hydrogen-bond donors (Lipinski definition) is 0. The lowest BCUT2D eigenvalue weighted by Crippen LogP contribution is -2.31. The first kappa shape index (κ1) is 11.3. The Labute approximate surface area is 86.2 Å². The molecule has 1 rings (SSSR count). The molecule has 78 valence electrons. The van der Waals surface area contributed by atoms with E-state index in [-0.39, 0.29) is 0 Å². The van der Waals surface area contributed by atoms with Crippen LogP contribution in [0.5, 0.6) is 0 Å². The molecule has 0 spiro atoms. The number of hydrogen-bond acceptors (Lipinski definition) is 2. The zero-order valence-electron chi connectivity index (χ0n) is 8.47. The molecule has 3 heteroatoms. The van der Waals surface area contributed by atoms with Gasteiger partial charge in [0.1, 0.15) is 0 Å². The quantitative estimate of drug-likeness (QED) is 0.466. The van der Waals surface area contributed by atoms with Gasteiger partial charge in [0.05, 0.1) is 13.2 Å². The summed E-state index contributed by atoms with van der Waals surface area (Å²) >= 11 is 5.49. The van der Waals surface area contributed by atoms with E-state index >= 15 is 0 Å². The largest absolute Gasteiger partial charge is 0.379 e. The number of ether oxygens (including phenoxy) is 1. The summed E-state index contributed by atoms with van der Waals surface area (Å²) in [5.74, 6) is 1.56. The van der Waals surface area contributed by atoms with Crippen LogP contribution in [0.15, 0.2) is 0 Å². The van der Waals surface area contributed by atoms with Gasteiger partial charge in [-0.25, -0.2) is 0 Å². The number of nitrogens with zero attached hydrogens (tertiary/aromatic N) is 1. The second kappa shape index (κ2) is 6.63. The Morgan fingerprint density at radius 1 is 1.38 bits per heavy atom. The van der Waals surface area contributed by atoms with E-state index in [2.05, 4.69) is 11.9 Å². The Kier molecular flexibility index (Phi) is 5.76. The molecule has 0 aromatic rings. The highest BCUT2D eigenvalue weighted by Gasteiger charge is 2.18. The summed E-state index contributed by atoms with van der Waals surface area (Å²) in [6.07, 6.45) is 4.28. The van der Waals surface area contributed by atoms with Gasteiger partial charge in [-0.1, -0.05) is 6.42 Å². The first-order valence-corrected chi connectivity index (χ1v) is 5.68. The van der Waals surface area contributed by atoms with E-state index in [1.54, 1.807) is 0 Å². The Balaban J connectivity index is 1.87. The predicted octanol–water partition coefficient (Wildman–Crippen LogP) is 1.97. The van der Waals surface area contributed by atoms with Crippen LogP contribution in [0.25, 0.3) is 0 Å². The zero-order chi connectivity index (χ0) is 9.52. The van der Waals surface area contributed by atoms with Crippen LogP contribution in [-0.4, -0.2) is 44.1 Å². The molecule has 0 saturated heterocycles. The maximum atomic E-state index is 5.49. The highest BCUT2D eigenvalue weighted by Crippen LogP contribution is 2.26. The van der Waals surface area contributed by atoms with Gasteiger partial charge in [-0.2, -0.15) is 0 Å².